The average Bonchev–Trinajstić information content (AvgIpc) is 3.12. The third kappa shape index (κ3) is 2.24. The molecule has 0 spiro atoms. The van der Waals surface area contributed by atoms with Gasteiger partial charge in [-0.25, -0.2) is 0 Å². The van der Waals surface area contributed by atoms with Crippen LogP contribution in [0.1, 0.15) is 18.7 Å². The predicted molar refractivity (Wildman–Crippen MR) is 70.2 cm³/mol. The monoisotopic (exact) mass is 269 g/mol. The summed E-state index contributed by atoms with van der Waals surface area (Å²) in [5.41, 5.74) is 4.95. The van der Waals surface area contributed by atoms with Gasteiger partial charge in [0.1, 0.15) is 11.4 Å². The van der Waals surface area contributed by atoms with Gasteiger partial charge in [0.05, 0.1) is 0 Å². The van der Waals surface area contributed by atoms with E-state index in [1.165, 1.54) is 11.8 Å². The van der Waals surface area contributed by atoms with Gasteiger partial charge in [-0.2, -0.15) is 0 Å². The second-order valence-corrected chi connectivity index (χ2v) is 5.68. The Balaban J connectivity index is 2.11. The lowest BCUT2D eigenvalue weighted by Gasteiger charge is -2.29. The Hall–Kier alpha value is -1.08. The highest BCUT2D eigenvalue weighted by Crippen LogP contribution is 2.41. The maximum atomic E-state index is 11.7. The number of hydrogen-bond acceptors (Lipinski definition) is 5. The maximum absolute atomic E-state index is 11.7. The van der Waals surface area contributed by atoms with E-state index in [9.17, 15) is 4.79 Å². The van der Waals surface area contributed by atoms with Crippen molar-refractivity contribution in [1.82, 2.24) is 20.1 Å². The minimum atomic E-state index is -0.621. The molecule has 1 atom stereocenters. The van der Waals surface area contributed by atoms with Crippen molar-refractivity contribution in [3.8, 4) is 0 Å². The minimum absolute atomic E-state index is 0.279. The number of thioether (sulfide) groups is 1. The van der Waals surface area contributed by atoms with Gasteiger partial charge < -0.3 is 15.6 Å². The van der Waals surface area contributed by atoms with E-state index in [1.807, 2.05) is 18.5 Å². The molecule has 1 unspecified atom stereocenters. The summed E-state index contributed by atoms with van der Waals surface area (Å²) in [5.74, 6) is 1.52. The Morgan fingerprint density at radius 2 is 2.28 bits per heavy atom. The molecule has 3 N–H and O–H groups in total. The van der Waals surface area contributed by atoms with Crippen LogP contribution in [-0.4, -0.2) is 39.0 Å². The number of carbonyl (C=O) groups is 1. The first-order valence-electron chi connectivity index (χ1n) is 5.99. The van der Waals surface area contributed by atoms with E-state index in [-0.39, 0.29) is 5.91 Å². The van der Waals surface area contributed by atoms with Gasteiger partial charge in [-0.1, -0.05) is 11.8 Å². The summed E-state index contributed by atoms with van der Waals surface area (Å²) < 4.78 is 1.92. The van der Waals surface area contributed by atoms with Crippen molar-refractivity contribution in [2.45, 2.75) is 30.5 Å². The first-order valence-corrected chi connectivity index (χ1v) is 6.97. The van der Waals surface area contributed by atoms with Gasteiger partial charge in [-0.15, -0.1) is 10.2 Å². The van der Waals surface area contributed by atoms with Gasteiger partial charge >= 0.3 is 0 Å². The highest BCUT2D eigenvalue weighted by molar-refractivity contribution is 7.99. The molecular formula is C11H19N5OS. The quantitative estimate of drug-likeness (QED) is 0.714. The number of aryl methyl sites for hydroxylation is 1. The number of aromatic nitrogens is 3. The van der Waals surface area contributed by atoms with Gasteiger partial charge in [0.2, 0.25) is 5.91 Å². The number of amides is 1. The fourth-order valence-corrected chi connectivity index (χ4v) is 3.36. The molecule has 100 valence electrons. The molecule has 2 rings (SSSR count). The van der Waals surface area contributed by atoms with E-state index >= 15 is 0 Å². The maximum Gasteiger partial charge on any atom is 0.238 e. The molecule has 0 aliphatic heterocycles. The van der Waals surface area contributed by atoms with E-state index in [0.717, 1.165) is 23.8 Å². The Kier molecular flexibility index (Phi) is 3.63. The molecule has 0 radical (unpaired) electrons. The molecule has 1 saturated carbocycles. The summed E-state index contributed by atoms with van der Waals surface area (Å²) in [6.45, 7) is 1.90. The fraction of sp³-hybridized carbons (Fsp3) is 0.727. The second kappa shape index (κ2) is 4.89. The molecule has 1 aliphatic carbocycles. The first-order chi connectivity index (χ1) is 8.51. The van der Waals surface area contributed by atoms with Crippen LogP contribution in [0.15, 0.2) is 5.16 Å². The van der Waals surface area contributed by atoms with Gasteiger partial charge in [-0.3, -0.25) is 4.79 Å². The number of nitrogens with one attached hydrogen (secondary N) is 1. The van der Waals surface area contributed by atoms with Crippen LogP contribution in [0.2, 0.25) is 0 Å². The highest BCUT2D eigenvalue weighted by Gasteiger charge is 2.48. The third-order valence-corrected chi connectivity index (χ3v) is 4.86. The van der Waals surface area contributed by atoms with Crippen LogP contribution in [0.25, 0.3) is 0 Å². The van der Waals surface area contributed by atoms with E-state index in [2.05, 4.69) is 15.5 Å². The van der Waals surface area contributed by atoms with E-state index in [0.29, 0.717) is 11.7 Å². The summed E-state index contributed by atoms with van der Waals surface area (Å²) in [7, 11) is 3.71. The van der Waals surface area contributed by atoms with Crippen molar-refractivity contribution in [3.63, 3.8) is 0 Å². The van der Waals surface area contributed by atoms with Crippen LogP contribution in [0.5, 0.6) is 0 Å². The van der Waals surface area contributed by atoms with Crippen molar-refractivity contribution in [3.05, 3.63) is 5.82 Å². The van der Waals surface area contributed by atoms with Crippen LogP contribution in [0, 0.1) is 12.8 Å². The molecule has 18 heavy (non-hydrogen) atoms. The Morgan fingerprint density at radius 3 is 2.67 bits per heavy atom. The molecular weight excluding hydrogens is 250 g/mol. The zero-order valence-electron chi connectivity index (χ0n) is 10.9. The van der Waals surface area contributed by atoms with E-state index < -0.39 is 5.54 Å². The number of hydrogen-bond donors (Lipinski definition) is 2. The lowest BCUT2D eigenvalue weighted by atomic mass is 9.95. The summed E-state index contributed by atoms with van der Waals surface area (Å²) >= 11 is 1.52. The molecule has 1 heterocycles. The molecule has 1 aromatic heterocycles. The molecule has 1 amide bonds. The standard InChI is InChI=1S/C11H19N5OS/c1-7-14-15-10(16(7)3)18-6-11(13-2,9(12)17)8-4-5-8/h8,13H,4-6H2,1-3H3,(H2,12,17). The van der Waals surface area contributed by atoms with Crippen molar-refractivity contribution in [2.75, 3.05) is 12.8 Å². The van der Waals surface area contributed by atoms with Gasteiger partial charge in [0.15, 0.2) is 5.16 Å². The third-order valence-electron chi connectivity index (χ3n) is 3.64. The summed E-state index contributed by atoms with van der Waals surface area (Å²) in [4.78, 5) is 11.7. The Labute approximate surface area is 111 Å². The number of rotatable bonds is 6. The number of nitrogens with two attached hydrogens (primary N) is 1. The first kappa shape index (κ1) is 13.4. The molecule has 0 saturated heterocycles. The normalized spacial score (nSPS) is 18.6. The topological polar surface area (TPSA) is 85.8 Å². The SMILES string of the molecule is CNC(CSc1nnc(C)n1C)(C(N)=O)C1CC1. The van der Waals surface area contributed by atoms with Crippen LogP contribution < -0.4 is 11.1 Å². The van der Waals surface area contributed by atoms with Crippen LogP contribution in [0.3, 0.4) is 0 Å². The van der Waals surface area contributed by atoms with E-state index in [4.69, 9.17) is 5.73 Å². The zero-order valence-corrected chi connectivity index (χ0v) is 11.8. The van der Waals surface area contributed by atoms with Crippen LogP contribution in [0.4, 0.5) is 0 Å². The number of carbonyl (C=O) groups excluding carboxylic acids is 1. The van der Waals surface area contributed by atoms with Crippen molar-refractivity contribution in [2.24, 2.45) is 18.7 Å². The molecule has 6 nitrogen and oxygen atoms in total. The summed E-state index contributed by atoms with van der Waals surface area (Å²) in [5, 5.41) is 12.0. The molecule has 0 aromatic carbocycles. The Morgan fingerprint density at radius 1 is 1.61 bits per heavy atom. The largest absolute Gasteiger partial charge is 0.368 e. The molecule has 7 heteroatoms. The van der Waals surface area contributed by atoms with Gasteiger partial charge in [0.25, 0.3) is 0 Å². The van der Waals surface area contributed by atoms with Crippen LogP contribution in [-0.2, 0) is 11.8 Å². The van der Waals surface area contributed by atoms with Crippen molar-refractivity contribution < 1.29 is 4.79 Å². The number of primary amides is 1. The van der Waals surface area contributed by atoms with Gasteiger partial charge in [-0.05, 0) is 32.7 Å². The number of nitrogens with zero attached hydrogens (tertiary/aromatic N) is 3. The molecule has 1 fully saturated rings. The Bertz CT molecular complexity index is 456. The minimum Gasteiger partial charge on any atom is -0.368 e. The van der Waals surface area contributed by atoms with Gasteiger partial charge in [0, 0.05) is 12.8 Å². The summed E-state index contributed by atoms with van der Waals surface area (Å²) in [6, 6.07) is 0. The zero-order chi connectivity index (χ0) is 13.3. The second-order valence-electron chi connectivity index (χ2n) is 4.74. The van der Waals surface area contributed by atoms with Crippen molar-refractivity contribution in [1.29, 1.82) is 0 Å². The molecule has 0 bridgehead atoms. The average molecular weight is 269 g/mol. The highest BCUT2D eigenvalue weighted by atomic mass is 32.2. The fourth-order valence-electron chi connectivity index (χ4n) is 2.06. The lowest BCUT2D eigenvalue weighted by Crippen LogP contribution is -2.57. The molecule has 1 aliphatic rings. The predicted octanol–water partition coefficient (Wildman–Crippen LogP) is 0.0691. The molecule has 1 aromatic rings. The van der Waals surface area contributed by atoms with Crippen LogP contribution >= 0.6 is 11.8 Å². The van der Waals surface area contributed by atoms with E-state index in [1.54, 1.807) is 7.05 Å². The summed E-state index contributed by atoms with van der Waals surface area (Å²) in [6.07, 6.45) is 2.12. The smallest absolute Gasteiger partial charge is 0.238 e. The van der Waals surface area contributed by atoms with Crippen molar-refractivity contribution >= 4 is 17.7 Å². The number of likely N-dealkylation sites (N-methyl/N-ethyl adjacent to an activating group) is 1. The lowest BCUT2D eigenvalue weighted by molar-refractivity contribution is -0.124.